The molecule has 0 bridgehead atoms. The van der Waals surface area contributed by atoms with Crippen LogP contribution < -0.4 is 5.32 Å². The Labute approximate surface area is 95.5 Å². The fourth-order valence-electron chi connectivity index (χ4n) is 1.76. The van der Waals surface area contributed by atoms with Gasteiger partial charge in [-0.1, -0.05) is 11.8 Å². The summed E-state index contributed by atoms with van der Waals surface area (Å²) in [6.07, 6.45) is 1.19. The van der Waals surface area contributed by atoms with Crippen LogP contribution >= 0.6 is 11.8 Å². The fraction of sp³-hybridized carbons (Fsp3) is 0.900. The quantitative estimate of drug-likeness (QED) is 0.708. The van der Waals surface area contributed by atoms with Crippen LogP contribution in [0.15, 0.2) is 4.99 Å². The summed E-state index contributed by atoms with van der Waals surface area (Å²) in [5.74, 6) is 1.14. The smallest absolute Gasteiger partial charge is 0.156 e. The molecule has 0 aromatic carbocycles. The monoisotopic (exact) mass is 229 g/mol. The van der Waals surface area contributed by atoms with E-state index < -0.39 is 0 Å². The zero-order chi connectivity index (χ0) is 10.3. The van der Waals surface area contributed by atoms with E-state index in [1.54, 1.807) is 0 Å². The Kier molecular flexibility index (Phi) is 4.76. The van der Waals surface area contributed by atoms with Crippen LogP contribution in [-0.2, 0) is 4.74 Å². The second-order valence-corrected chi connectivity index (χ2v) is 4.85. The van der Waals surface area contributed by atoms with Crippen molar-refractivity contribution in [3.05, 3.63) is 0 Å². The highest BCUT2D eigenvalue weighted by molar-refractivity contribution is 8.14. The van der Waals surface area contributed by atoms with Gasteiger partial charge in [-0.2, -0.15) is 0 Å². The van der Waals surface area contributed by atoms with Crippen molar-refractivity contribution in [2.24, 2.45) is 4.99 Å². The van der Waals surface area contributed by atoms with Gasteiger partial charge >= 0.3 is 0 Å². The molecule has 0 spiro atoms. The Morgan fingerprint density at radius 3 is 3.00 bits per heavy atom. The largest absolute Gasteiger partial charge is 0.379 e. The first-order valence-corrected chi connectivity index (χ1v) is 6.65. The molecule has 4 nitrogen and oxygen atoms in total. The number of thioether (sulfide) groups is 1. The summed E-state index contributed by atoms with van der Waals surface area (Å²) >= 11 is 1.83. The predicted octanol–water partition coefficient (Wildman–Crippen LogP) is 0.401. The molecule has 2 heterocycles. The van der Waals surface area contributed by atoms with E-state index in [-0.39, 0.29) is 0 Å². The predicted molar refractivity (Wildman–Crippen MR) is 64.6 cm³/mol. The summed E-state index contributed by atoms with van der Waals surface area (Å²) < 4.78 is 5.31. The molecule has 0 amide bonds. The third-order valence-corrected chi connectivity index (χ3v) is 3.55. The molecule has 1 saturated heterocycles. The van der Waals surface area contributed by atoms with Gasteiger partial charge in [0.05, 0.1) is 19.8 Å². The molecule has 5 heteroatoms. The lowest BCUT2D eigenvalue weighted by atomic mass is 10.3. The Morgan fingerprint density at radius 2 is 2.27 bits per heavy atom. The molecule has 0 radical (unpaired) electrons. The second-order valence-electron chi connectivity index (χ2n) is 3.77. The van der Waals surface area contributed by atoms with E-state index in [0.29, 0.717) is 0 Å². The van der Waals surface area contributed by atoms with Gasteiger partial charge in [0.15, 0.2) is 5.17 Å². The summed E-state index contributed by atoms with van der Waals surface area (Å²) in [6.45, 7) is 7.19. The highest BCUT2D eigenvalue weighted by Gasteiger charge is 2.10. The number of aliphatic imine (C=N–C) groups is 1. The summed E-state index contributed by atoms with van der Waals surface area (Å²) in [6, 6.07) is 0. The lowest BCUT2D eigenvalue weighted by Gasteiger charge is -2.26. The van der Waals surface area contributed by atoms with Crippen LogP contribution in [0.5, 0.6) is 0 Å². The van der Waals surface area contributed by atoms with E-state index in [1.807, 2.05) is 11.8 Å². The SMILES string of the molecule is C(CNC1=NCCS1)CN1CCOCC1. The summed E-state index contributed by atoms with van der Waals surface area (Å²) in [5.41, 5.74) is 0. The maximum absolute atomic E-state index is 5.31. The van der Waals surface area contributed by atoms with Crippen LogP contribution in [0.25, 0.3) is 0 Å². The molecule has 86 valence electrons. The van der Waals surface area contributed by atoms with Crippen molar-refractivity contribution in [2.45, 2.75) is 6.42 Å². The molecule has 2 rings (SSSR count). The number of amidine groups is 1. The molecule has 2 aliphatic heterocycles. The molecule has 0 aliphatic carbocycles. The maximum atomic E-state index is 5.31. The number of ether oxygens (including phenoxy) is 1. The van der Waals surface area contributed by atoms with Gasteiger partial charge in [-0.05, 0) is 13.0 Å². The molecular weight excluding hydrogens is 210 g/mol. The van der Waals surface area contributed by atoms with E-state index in [0.717, 1.165) is 50.3 Å². The van der Waals surface area contributed by atoms with Gasteiger partial charge in [0.25, 0.3) is 0 Å². The fourth-order valence-corrected chi connectivity index (χ4v) is 2.53. The van der Waals surface area contributed by atoms with Crippen LogP contribution in [0, 0.1) is 0 Å². The van der Waals surface area contributed by atoms with E-state index >= 15 is 0 Å². The van der Waals surface area contributed by atoms with Gasteiger partial charge in [0.2, 0.25) is 0 Å². The molecule has 0 saturated carbocycles. The van der Waals surface area contributed by atoms with Crippen molar-refractivity contribution >= 4 is 16.9 Å². The van der Waals surface area contributed by atoms with E-state index in [4.69, 9.17) is 4.74 Å². The van der Waals surface area contributed by atoms with Crippen LogP contribution in [-0.4, -0.2) is 61.8 Å². The van der Waals surface area contributed by atoms with Gasteiger partial charge in [-0.3, -0.25) is 9.89 Å². The second kappa shape index (κ2) is 6.35. The molecule has 0 aromatic rings. The van der Waals surface area contributed by atoms with Crippen LogP contribution in [0.2, 0.25) is 0 Å². The normalized spacial score (nSPS) is 22.8. The first-order chi connectivity index (χ1) is 7.45. The Bertz CT molecular complexity index is 217. The molecule has 15 heavy (non-hydrogen) atoms. The van der Waals surface area contributed by atoms with E-state index in [9.17, 15) is 0 Å². The van der Waals surface area contributed by atoms with Gasteiger partial charge < -0.3 is 10.1 Å². The molecule has 0 unspecified atom stereocenters. The lowest BCUT2D eigenvalue weighted by molar-refractivity contribution is 0.0376. The number of morpholine rings is 1. The zero-order valence-corrected chi connectivity index (χ0v) is 9.89. The molecule has 0 atom stereocenters. The number of rotatable bonds is 4. The van der Waals surface area contributed by atoms with Gasteiger partial charge in [0, 0.05) is 25.4 Å². The van der Waals surface area contributed by atoms with Crippen molar-refractivity contribution in [1.82, 2.24) is 10.2 Å². The van der Waals surface area contributed by atoms with Crippen molar-refractivity contribution in [1.29, 1.82) is 0 Å². The van der Waals surface area contributed by atoms with Crippen LogP contribution in [0.4, 0.5) is 0 Å². The first-order valence-electron chi connectivity index (χ1n) is 5.66. The van der Waals surface area contributed by atoms with E-state index in [1.165, 1.54) is 13.0 Å². The van der Waals surface area contributed by atoms with E-state index in [2.05, 4.69) is 15.2 Å². The molecule has 1 fully saturated rings. The minimum absolute atomic E-state index is 0.899. The van der Waals surface area contributed by atoms with Crippen molar-refractivity contribution in [3.63, 3.8) is 0 Å². The number of nitrogens with zero attached hydrogens (tertiary/aromatic N) is 2. The average molecular weight is 229 g/mol. The van der Waals surface area contributed by atoms with Crippen molar-refractivity contribution in [3.8, 4) is 0 Å². The van der Waals surface area contributed by atoms with Crippen LogP contribution in [0.3, 0.4) is 0 Å². The highest BCUT2D eigenvalue weighted by Crippen LogP contribution is 2.08. The third kappa shape index (κ3) is 4.01. The summed E-state index contributed by atoms with van der Waals surface area (Å²) in [4.78, 5) is 6.82. The molecular formula is C10H19N3OS. The van der Waals surface area contributed by atoms with Gasteiger partial charge in [-0.15, -0.1) is 0 Å². The topological polar surface area (TPSA) is 36.9 Å². The summed E-state index contributed by atoms with van der Waals surface area (Å²) in [5, 5.41) is 4.51. The Hall–Kier alpha value is -0.260. The lowest BCUT2D eigenvalue weighted by Crippen LogP contribution is -2.37. The van der Waals surface area contributed by atoms with Crippen molar-refractivity contribution in [2.75, 3.05) is 51.7 Å². The molecule has 1 N–H and O–H groups in total. The van der Waals surface area contributed by atoms with Crippen LogP contribution in [0.1, 0.15) is 6.42 Å². The maximum Gasteiger partial charge on any atom is 0.156 e. The Morgan fingerprint density at radius 1 is 1.40 bits per heavy atom. The standard InChI is InChI=1S/C10H19N3OS/c1(2-11-10-12-3-9-15-10)4-13-5-7-14-8-6-13/h1-9H2,(H,11,12). The van der Waals surface area contributed by atoms with Gasteiger partial charge in [0.1, 0.15) is 0 Å². The average Bonchev–Trinajstić information content (AvgIpc) is 2.79. The molecule has 0 aromatic heterocycles. The first kappa shape index (κ1) is 11.2. The van der Waals surface area contributed by atoms with Crippen molar-refractivity contribution < 1.29 is 4.74 Å². The minimum Gasteiger partial charge on any atom is -0.379 e. The highest BCUT2D eigenvalue weighted by atomic mass is 32.2. The van der Waals surface area contributed by atoms with Gasteiger partial charge in [-0.25, -0.2) is 0 Å². The molecule has 2 aliphatic rings. The minimum atomic E-state index is 0.899. The number of hydrogen-bond acceptors (Lipinski definition) is 5. The third-order valence-electron chi connectivity index (χ3n) is 2.62. The number of nitrogens with one attached hydrogen (secondary N) is 1. The summed E-state index contributed by atoms with van der Waals surface area (Å²) in [7, 11) is 0. The number of hydrogen-bond donors (Lipinski definition) is 1. The zero-order valence-electron chi connectivity index (χ0n) is 9.07. The Balaban J connectivity index is 1.50.